The minimum atomic E-state index is -0.716. The lowest BCUT2D eigenvalue weighted by molar-refractivity contribution is -0.311. The van der Waals surface area contributed by atoms with Crippen LogP contribution in [-0.2, 0) is 14.5 Å². The first-order chi connectivity index (χ1) is 10.9. The molecule has 0 aliphatic heterocycles. The predicted molar refractivity (Wildman–Crippen MR) is 84.5 cm³/mol. The van der Waals surface area contributed by atoms with Crippen molar-refractivity contribution in [2.75, 3.05) is 0 Å². The Balaban J connectivity index is 1.78. The Hall–Kier alpha value is -1.00. The monoisotopic (exact) mass is 318 g/mol. The molecule has 3 saturated carbocycles. The summed E-state index contributed by atoms with van der Waals surface area (Å²) in [6.45, 7) is 4.33. The first-order valence-electron chi connectivity index (χ1n) is 8.99. The zero-order chi connectivity index (χ0) is 16.4. The lowest BCUT2D eigenvalue weighted by atomic mass is 9.45. The normalized spacial score (nSPS) is 52.0. The van der Waals surface area contributed by atoms with Gasteiger partial charge in [-0.15, -0.1) is 0 Å². The van der Waals surface area contributed by atoms with Crippen molar-refractivity contribution in [1.29, 1.82) is 0 Å². The molecule has 0 aromatic carbocycles. The summed E-state index contributed by atoms with van der Waals surface area (Å²) < 4.78 is 0. The van der Waals surface area contributed by atoms with Crippen molar-refractivity contribution in [1.82, 2.24) is 0 Å². The van der Waals surface area contributed by atoms with Crippen molar-refractivity contribution in [2.45, 2.75) is 58.5 Å². The molecule has 3 fully saturated rings. The highest BCUT2D eigenvalue weighted by molar-refractivity contribution is 6.44. The van der Waals surface area contributed by atoms with Crippen molar-refractivity contribution in [2.24, 2.45) is 34.5 Å². The van der Waals surface area contributed by atoms with Crippen LogP contribution in [0.4, 0.5) is 0 Å². The van der Waals surface area contributed by atoms with Crippen LogP contribution in [0, 0.1) is 34.5 Å². The molecular weight excluding hydrogens is 292 g/mol. The van der Waals surface area contributed by atoms with Gasteiger partial charge in [-0.3, -0.25) is 14.8 Å². The first-order valence-corrected chi connectivity index (χ1v) is 8.99. The molecular formula is C19H26O4. The van der Waals surface area contributed by atoms with E-state index >= 15 is 0 Å². The van der Waals surface area contributed by atoms with Crippen LogP contribution in [0.25, 0.3) is 0 Å². The molecule has 0 bridgehead atoms. The second-order valence-corrected chi connectivity index (χ2v) is 8.70. The minimum Gasteiger partial charge on any atom is -0.290 e. The summed E-state index contributed by atoms with van der Waals surface area (Å²) in [5.41, 5.74) is -0.353. The summed E-state index contributed by atoms with van der Waals surface area (Å²) in [6, 6.07) is 0. The summed E-state index contributed by atoms with van der Waals surface area (Å²) in [7, 11) is 0. The van der Waals surface area contributed by atoms with Crippen molar-refractivity contribution in [3.8, 4) is 0 Å². The van der Waals surface area contributed by atoms with Crippen LogP contribution in [0.15, 0.2) is 12.2 Å². The molecule has 4 heteroatoms. The Kier molecular flexibility index (Phi) is 3.37. The number of Topliss-reactive ketones (excluding diaryl/α,β-unsaturated/α-hetero) is 1. The van der Waals surface area contributed by atoms with Crippen molar-refractivity contribution >= 4 is 11.6 Å². The maximum Gasteiger partial charge on any atom is 0.221 e. The number of hydrogen-bond donors (Lipinski definition) is 1. The van der Waals surface area contributed by atoms with Crippen molar-refractivity contribution in [3.05, 3.63) is 12.2 Å². The smallest absolute Gasteiger partial charge is 0.221 e. The molecule has 0 aromatic rings. The Bertz CT molecular complexity index is 582. The van der Waals surface area contributed by atoms with E-state index in [0.717, 1.165) is 19.3 Å². The third-order valence-electron chi connectivity index (χ3n) is 7.89. The quantitative estimate of drug-likeness (QED) is 0.457. The van der Waals surface area contributed by atoms with Gasteiger partial charge in [-0.1, -0.05) is 26.3 Å². The number of hydrogen-bond acceptors (Lipinski definition) is 4. The van der Waals surface area contributed by atoms with E-state index in [-0.39, 0.29) is 29.5 Å². The van der Waals surface area contributed by atoms with Crippen LogP contribution in [0.1, 0.15) is 52.4 Å². The molecule has 2 unspecified atom stereocenters. The average Bonchev–Trinajstić information content (AvgIpc) is 2.93. The summed E-state index contributed by atoms with van der Waals surface area (Å²) in [4.78, 5) is 29.7. The largest absolute Gasteiger partial charge is 0.290 e. The second kappa shape index (κ2) is 5.00. The minimum absolute atomic E-state index is 0.190. The molecule has 4 aliphatic carbocycles. The standard InChI is InChI=1S/C19H26O4/c1-18-8-3-4-12(18)11-10-16(23-22)14-5-6-15(20)17(21)19(14,2)13(11)7-9-18/h5-6,11-14,16,22H,3-4,7-10H2,1-2H3/t11-,12-,13-,14?,16?,18-,19+/m0/s1. The summed E-state index contributed by atoms with van der Waals surface area (Å²) >= 11 is 0. The number of carbonyl (C=O) groups is 2. The van der Waals surface area contributed by atoms with Gasteiger partial charge in [0.05, 0.1) is 0 Å². The molecule has 0 spiro atoms. The van der Waals surface area contributed by atoms with Gasteiger partial charge >= 0.3 is 0 Å². The van der Waals surface area contributed by atoms with E-state index in [2.05, 4.69) is 6.92 Å². The number of allylic oxidation sites excluding steroid dienone is 1. The summed E-state index contributed by atoms with van der Waals surface area (Å²) in [5, 5.41) is 9.46. The molecule has 7 atom stereocenters. The Morgan fingerprint density at radius 1 is 1.17 bits per heavy atom. The molecule has 4 nitrogen and oxygen atoms in total. The van der Waals surface area contributed by atoms with Gasteiger partial charge in [0.1, 0.15) is 6.10 Å². The zero-order valence-electron chi connectivity index (χ0n) is 14.0. The van der Waals surface area contributed by atoms with Gasteiger partial charge in [0.25, 0.3) is 0 Å². The van der Waals surface area contributed by atoms with Crippen LogP contribution >= 0.6 is 0 Å². The molecule has 126 valence electrons. The third-order valence-corrected chi connectivity index (χ3v) is 7.89. The highest BCUT2D eigenvalue weighted by Gasteiger charge is 2.63. The SMILES string of the molecule is C[C@@]12CCC[C@H]1[C@@H]1CC(OO)C3C=CC(=O)C(=O)[C@]3(C)[C@H]1CC2. The molecule has 0 amide bonds. The number of fused-ring (bicyclic) bond motifs is 5. The van der Waals surface area contributed by atoms with Crippen LogP contribution in [0.2, 0.25) is 0 Å². The lowest BCUT2D eigenvalue weighted by Gasteiger charge is -2.58. The Labute approximate surface area is 137 Å². The molecule has 4 aliphatic rings. The van der Waals surface area contributed by atoms with Gasteiger partial charge < -0.3 is 0 Å². The van der Waals surface area contributed by atoms with Crippen LogP contribution in [0.3, 0.4) is 0 Å². The highest BCUT2D eigenvalue weighted by atomic mass is 17.1. The molecule has 23 heavy (non-hydrogen) atoms. The molecule has 1 N–H and O–H groups in total. The average molecular weight is 318 g/mol. The number of ketones is 2. The molecule has 0 aromatic heterocycles. The van der Waals surface area contributed by atoms with E-state index in [1.165, 1.54) is 25.3 Å². The van der Waals surface area contributed by atoms with Crippen LogP contribution in [-0.4, -0.2) is 22.9 Å². The second-order valence-electron chi connectivity index (χ2n) is 8.70. The molecule has 0 heterocycles. The molecule has 0 saturated heterocycles. The van der Waals surface area contributed by atoms with Gasteiger partial charge in [-0.05, 0) is 61.3 Å². The van der Waals surface area contributed by atoms with Crippen molar-refractivity contribution < 1.29 is 19.7 Å². The van der Waals surface area contributed by atoms with Gasteiger partial charge in [0.15, 0.2) is 0 Å². The summed E-state index contributed by atoms with van der Waals surface area (Å²) in [5.74, 6) is 0.341. The predicted octanol–water partition coefficient (Wildman–Crippen LogP) is 3.41. The van der Waals surface area contributed by atoms with Crippen LogP contribution in [0.5, 0.6) is 0 Å². The molecule has 0 radical (unpaired) electrons. The van der Waals surface area contributed by atoms with Gasteiger partial charge in [0, 0.05) is 11.3 Å². The third kappa shape index (κ3) is 1.91. The van der Waals surface area contributed by atoms with E-state index < -0.39 is 5.41 Å². The van der Waals surface area contributed by atoms with E-state index in [0.29, 0.717) is 17.3 Å². The fourth-order valence-electron chi connectivity index (χ4n) is 6.69. The van der Waals surface area contributed by atoms with E-state index in [4.69, 9.17) is 4.89 Å². The maximum atomic E-state index is 12.8. The lowest BCUT2D eigenvalue weighted by Crippen LogP contribution is -2.60. The van der Waals surface area contributed by atoms with E-state index in [1.807, 2.05) is 13.0 Å². The fraction of sp³-hybridized carbons (Fsp3) is 0.789. The van der Waals surface area contributed by atoms with E-state index in [1.54, 1.807) is 0 Å². The highest BCUT2D eigenvalue weighted by Crippen LogP contribution is 2.64. The fourth-order valence-corrected chi connectivity index (χ4v) is 6.69. The molecule has 4 rings (SSSR count). The Morgan fingerprint density at radius 3 is 2.70 bits per heavy atom. The summed E-state index contributed by atoms with van der Waals surface area (Å²) in [6.07, 6.45) is 9.49. The number of rotatable bonds is 1. The van der Waals surface area contributed by atoms with Crippen molar-refractivity contribution in [3.63, 3.8) is 0 Å². The van der Waals surface area contributed by atoms with Gasteiger partial charge in [-0.25, -0.2) is 4.89 Å². The Morgan fingerprint density at radius 2 is 1.96 bits per heavy atom. The maximum absolute atomic E-state index is 12.8. The number of carbonyl (C=O) groups excluding carboxylic acids is 2. The van der Waals surface area contributed by atoms with E-state index in [9.17, 15) is 14.8 Å². The van der Waals surface area contributed by atoms with Gasteiger partial charge in [-0.2, -0.15) is 0 Å². The zero-order valence-corrected chi connectivity index (χ0v) is 14.0. The van der Waals surface area contributed by atoms with Gasteiger partial charge in [0.2, 0.25) is 11.6 Å². The first kappa shape index (κ1) is 15.5. The van der Waals surface area contributed by atoms with Crippen LogP contribution < -0.4 is 0 Å². The topological polar surface area (TPSA) is 63.6 Å².